The van der Waals surface area contributed by atoms with Gasteiger partial charge >= 0.3 is 12.1 Å². The van der Waals surface area contributed by atoms with Gasteiger partial charge in [-0.1, -0.05) is 74.0 Å². The Balaban J connectivity index is 2.47. The molecule has 6 heteroatoms. The minimum Gasteiger partial charge on any atom is -0.481 e. The zero-order valence-electron chi connectivity index (χ0n) is 18.2. The average molecular weight is 463 g/mol. The second-order valence-electron chi connectivity index (χ2n) is 7.87. The first-order chi connectivity index (χ1) is 15.0. The number of halogens is 4. The van der Waals surface area contributed by atoms with Gasteiger partial charge in [-0.2, -0.15) is 13.2 Å². The topological polar surface area (TPSA) is 37.3 Å². The summed E-state index contributed by atoms with van der Waals surface area (Å²) in [6.45, 7) is 5.75. The van der Waals surface area contributed by atoms with E-state index in [1.54, 1.807) is 24.3 Å². The monoisotopic (exact) mass is 462 g/mol. The third-order valence-electron chi connectivity index (χ3n) is 4.92. The normalized spacial score (nSPS) is 14.2. The van der Waals surface area contributed by atoms with Gasteiger partial charge in [0.1, 0.15) is 0 Å². The highest BCUT2D eigenvalue weighted by atomic mass is 35.5. The number of aliphatic carboxylic acids is 1. The van der Waals surface area contributed by atoms with Crippen LogP contribution in [0.4, 0.5) is 13.2 Å². The SMILES string of the molecule is C\C=C(/C=C(\C=C\c1ccc(C(F)(F)F)cc1)C(CC(C)C)C(=O)O)c1ccc(Cl)cc1. The van der Waals surface area contributed by atoms with Crippen molar-refractivity contribution in [1.82, 2.24) is 0 Å². The summed E-state index contributed by atoms with van der Waals surface area (Å²) in [6, 6.07) is 12.0. The first-order valence-electron chi connectivity index (χ1n) is 10.2. The van der Waals surface area contributed by atoms with Crippen LogP contribution in [-0.4, -0.2) is 11.1 Å². The molecule has 1 N–H and O–H groups in total. The summed E-state index contributed by atoms with van der Waals surface area (Å²) in [5.41, 5.74) is 2.09. The van der Waals surface area contributed by atoms with Crippen LogP contribution in [0.15, 0.2) is 72.3 Å². The molecule has 0 fully saturated rings. The van der Waals surface area contributed by atoms with Crippen molar-refractivity contribution in [2.45, 2.75) is 33.4 Å². The molecule has 0 saturated carbocycles. The first kappa shape index (κ1) is 25.5. The van der Waals surface area contributed by atoms with E-state index >= 15 is 0 Å². The number of allylic oxidation sites excluding steroid dienone is 4. The van der Waals surface area contributed by atoms with Crippen molar-refractivity contribution in [1.29, 1.82) is 0 Å². The molecule has 32 heavy (non-hydrogen) atoms. The molecule has 0 spiro atoms. The van der Waals surface area contributed by atoms with Gasteiger partial charge < -0.3 is 5.11 Å². The largest absolute Gasteiger partial charge is 0.481 e. The average Bonchev–Trinajstić information content (AvgIpc) is 2.73. The van der Waals surface area contributed by atoms with Crippen LogP contribution in [0, 0.1) is 11.8 Å². The fraction of sp³-hybridized carbons (Fsp3) is 0.269. The Hall–Kier alpha value is -2.79. The van der Waals surface area contributed by atoms with Crippen LogP contribution in [-0.2, 0) is 11.0 Å². The van der Waals surface area contributed by atoms with Crippen molar-refractivity contribution in [3.05, 3.63) is 94.0 Å². The smallest absolute Gasteiger partial charge is 0.416 e. The Labute approximate surface area is 191 Å². The number of rotatable bonds is 8. The summed E-state index contributed by atoms with van der Waals surface area (Å²) < 4.78 is 38.4. The van der Waals surface area contributed by atoms with Crippen molar-refractivity contribution in [2.75, 3.05) is 0 Å². The number of hydrogen-bond donors (Lipinski definition) is 1. The maximum atomic E-state index is 12.8. The van der Waals surface area contributed by atoms with E-state index in [4.69, 9.17) is 11.6 Å². The minimum absolute atomic E-state index is 0.142. The zero-order chi connectivity index (χ0) is 23.9. The van der Waals surface area contributed by atoms with Crippen LogP contribution >= 0.6 is 11.6 Å². The summed E-state index contributed by atoms with van der Waals surface area (Å²) >= 11 is 5.98. The Morgan fingerprint density at radius 1 is 1.06 bits per heavy atom. The highest BCUT2D eigenvalue weighted by molar-refractivity contribution is 6.30. The van der Waals surface area contributed by atoms with E-state index in [0.29, 0.717) is 22.6 Å². The Kier molecular flexibility index (Phi) is 8.90. The molecule has 0 saturated heterocycles. The van der Waals surface area contributed by atoms with Gasteiger partial charge in [-0.25, -0.2) is 0 Å². The van der Waals surface area contributed by atoms with Crippen LogP contribution in [0.3, 0.4) is 0 Å². The van der Waals surface area contributed by atoms with Crippen LogP contribution in [0.25, 0.3) is 11.6 Å². The Bertz CT molecular complexity index is 999. The molecule has 0 heterocycles. The van der Waals surface area contributed by atoms with E-state index in [9.17, 15) is 23.1 Å². The Morgan fingerprint density at radius 3 is 2.12 bits per heavy atom. The fourth-order valence-electron chi connectivity index (χ4n) is 3.25. The number of carboxylic acids is 1. The molecule has 0 aromatic heterocycles. The molecule has 2 aromatic rings. The lowest BCUT2D eigenvalue weighted by atomic mass is 9.87. The molecule has 170 valence electrons. The third-order valence-corrected chi connectivity index (χ3v) is 5.18. The predicted octanol–water partition coefficient (Wildman–Crippen LogP) is 8.15. The third kappa shape index (κ3) is 7.41. The number of carboxylic acid groups (broad SMARTS) is 1. The van der Waals surface area contributed by atoms with E-state index in [1.165, 1.54) is 12.1 Å². The molecule has 0 aliphatic heterocycles. The van der Waals surface area contributed by atoms with Crippen molar-refractivity contribution >= 4 is 29.2 Å². The number of hydrogen-bond acceptors (Lipinski definition) is 1. The molecular weight excluding hydrogens is 437 g/mol. The molecule has 2 aromatic carbocycles. The standard InChI is InChI=1S/C26H26ClF3O2/c1-4-19(20-9-13-23(27)14-10-20)16-21(24(25(31)32)15-17(2)3)8-5-18-6-11-22(12-7-18)26(28,29)30/h4-14,16-17,24H,15H2,1-3H3,(H,31,32)/b8-5+,19-4+,21-16+. The van der Waals surface area contributed by atoms with E-state index in [1.807, 2.05) is 45.1 Å². The minimum atomic E-state index is -4.40. The molecule has 0 radical (unpaired) electrons. The highest BCUT2D eigenvalue weighted by Crippen LogP contribution is 2.30. The maximum absolute atomic E-state index is 12.8. The van der Waals surface area contributed by atoms with Crippen LogP contribution in [0.5, 0.6) is 0 Å². The predicted molar refractivity (Wildman–Crippen MR) is 124 cm³/mol. The molecule has 0 amide bonds. The Morgan fingerprint density at radius 2 is 1.66 bits per heavy atom. The lowest BCUT2D eigenvalue weighted by Gasteiger charge is -2.17. The fourth-order valence-corrected chi connectivity index (χ4v) is 3.37. The molecular formula is C26H26ClF3O2. The molecule has 0 bridgehead atoms. The summed E-state index contributed by atoms with van der Waals surface area (Å²) in [5.74, 6) is -1.57. The second kappa shape index (κ2) is 11.2. The van der Waals surface area contributed by atoms with Gasteiger partial charge in [-0.05, 0) is 65.8 Å². The summed E-state index contributed by atoms with van der Waals surface area (Å²) in [7, 11) is 0. The summed E-state index contributed by atoms with van der Waals surface area (Å²) in [5, 5.41) is 10.5. The van der Waals surface area contributed by atoms with Crippen molar-refractivity contribution in [2.24, 2.45) is 11.8 Å². The van der Waals surface area contributed by atoms with Gasteiger partial charge in [0.25, 0.3) is 0 Å². The quantitative estimate of drug-likeness (QED) is 0.402. The van der Waals surface area contributed by atoms with Gasteiger partial charge in [-0.15, -0.1) is 0 Å². The van der Waals surface area contributed by atoms with Crippen LogP contribution in [0.2, 0.25) is 5.02 Å². The van der Waals surface area contributed by atoms with E-state index in [2.05, 4.69) is 0 Å². The molecule has 0 aliphatic carbocycles. The number of alkyl halides is 3. The molecule has 1 atom stereocenters. The maximum Gasteiger partial charge on any atom is 0.416 e. The lowest BCUT2D eigenvalue weighted by Crippen LogP contribution is -2.18. The second-order valence-corrected chi connectivity index (χ2v) is 8.31. The van der Waals surface area contributed by atoms with Gasteiger partial charge in [0.2, 0.25) is 0 Å². The van der Waals surface area contributed by atoms with Crippen molar-refractivity contribution in [3.63, 3.8) is 0 Å². The molecule has 2 rings (SSSR count). The van der Waals surface area contributed by atoms with Crippen LogP contribution < -0.4 is 0 Å². The van der Waals surface area contributed by atoms with Crippen LogP contribution in [0.1, 0.15) is 43.9 Å². The van der Waals surface area contributed by atoms with E-state index < -0.39 is 23.6 Å². The van der Waals surface area contributed by atoms with Gasteiger partial charge in [0.15, 0.2) is 0 Å². The van der Waals surface area contributed by atoms with Crippen molar-refractivity contribution < 1.29 is 23.1 Å². The van der Waals surface area contributed by atoms with E-state index in [-0.39, 0.29) is 5.92 Å². The lowest BCUT2D eigenvalue weighted by molar-refractivity contribution is -0.141. The highest BCUT2D eigenvalue weighted by Gasteiger charge is 2.29. The number of benzene rings is 2. The van der Waals surface area contributed by atoms with Crippen molar-refractivity contribution in [3.8, 4) is 0 Å². The van der Waals surface area contributed by atoms with Gasteiger partial charge in [-0.3, -0.25) is 4.79 Å². The summed E-state index contributed by atoms with van der Waals surface area (Å²) in [6.07, 6.45) is 3.02. The summed E-state index contributed by atoms with van der Waals surface area (Å²) in [4.78, 5) is 12.1. The molecule has 2 nitrogen and oxygen atoms in total. The molecule has 0 aliphatic rings. The number of carbonyl (C=O) groups is 1. The van der Waals surface area contributed by atoms with Gasteiger partial charge in [0, 0.05) is 5.02 Å². The molecule has 1 unspecified atom stereocenters. The zero-order valence-corrected chi connectivity index (χ0v) is 18.9. The first-order valence-corrected chi connectivity index (χ1v) is 10.6. The van der Waals surface area contributed by atoms with E-state index in [0.717, 1.165) is 23.3 Å². The van der Waals surface area contributed by atoms with Gasteiger partial charge in [0.05, 0.1) is 11.5 Å².